The number of hydrogen-bond donors (Lipinski definition) is 0. The Kier molecular flexibility index (Phi) is 6.54. The van der Waals surface area contributed by atoms with Crippen LogP contribution in [-0.2, 0) is 4.74 Å². The summed E-state index contributed by atoms with van der Waals surface area (Å²) < 4.78 is 10.4. The molecule has 1 aliphatic rings. The molecule has 0 aliphatic carbocycles. The first-order valence-electron chi connectivity index (χ1n) is 7.89. The van der Waals surface area contributed by atoms with E-state index >= 15 is 0 Å². The van der Waals surface area contributed by atoms with Gasteiger partial charge in [0.1, 0.15) is 15.8 Å². The summed E-state index contributed by atoms with van der Waals surface area (Å²) in [5.41, 5.74) is 0.335. The van der Waals surface area contributed by atoms with Crippen LogP contribution >= 0.6 is 23.4 Å². The molecule has 1 aromatic rings. The Morgan fingerprint density at radius 2 is 2.08 bits per heavy atom. The average molecular weight is 383 g/mol. The van der Waals surface area contributed by atoms with E-state index in [1.807, 2.05) is 5.01 Å². The first kappa shape index (κ1) is 19.8. The minimum Gasteiger partial charge on any atom is -0.496 e. The summed E-state index contributed by atoms with van der Waals surface area (Å²) in [6.45, 7) is 7.39. The third kappa shape index (κ3) is 5.00. The molecule has 0 unspecified atom stereocenters. The highest BCUT2D eigenvalue weighted by Gasteiger charge is 2.30. The predicted octanol–water partition coefficient (Wildman–Crippen LogP) is 4.43. The molecule has 0 radical (unpaired) electrons. The summed E-state index contributed by atoms with van der Waals surface area (Å²) in [6.07, 6.45) is 1.58. The van der Waals surface area contributed by atoms with Crippen LogP contribution in [0.2, 0.25) is 5.02 Å². The van der Waals surface area contributed by atoms with Crippen molar-refractivity contribution >= 4 is 34.2 Å². The molecule has 25 heavy (non-hydrogen) atoms. The van der Waals surface area contributed by atoms with Crippen LogP contribution in [0.25, 0.3) is 0 Å². The number of benzene rings is 1. The Morgan fingerprint density at radius 1 is 1.36 bits per heavy atom. The summed E-state index contributed by atoms with van der Waals surface area (Å²) >= 11 is 7.54. The lowest BCUT2D eigenvalue weighted by Crippen LogP contribution is -2.19. The van der Waals surface area contributed by atoms with Crippen molar-refractivity contribution in [3.05, 3.63) is 39.9 Å². The molecular formula is C18H23ClN2O3S. The number of allylic oxidation sites excluding steroid dienone is 1. The van der Waals surface area contributed by atoms with Crippen molar-refractivity contribution in [1.29, 1.82) is 0 Å². The van der Waals surface area contributed by atoms with E-state index in [9.17, 15) is 4.79 Å². The average Bonchev–Trinajstić information content (AvgIpc) is 2.95. The summed E-state index contributed by atoms with van der Waals surface area (Å²) in [5, 5.41) is 8.67. The second kappa shape index (κ2) is 8.25. The summed E-state index contributed by atoms with van der Waals surface area (Å²) in [4.78, 5) is 12.8. The molecule has 0 spiro atoms. The van der Waals surface area contributed by atoms with Gasteiger partial charge < -0.3 is 9.47 Å². The number of nitrogens with zero attached hydrogens (tertiary/aromatic N) is 2. The van der Waals surface area contributed by atoms with E-state index in [2.05, 4.69) is 25.9 Å². The zero-order chi connectivity index (χ0) is 18.6. The van der Waals surface area contributed by atoms with Crippen molar-refractivity contribution in [2.45, 2.75) is 20.8 Å². The number of carbonyl (C=O) groups is 1. The van der Waals surface area contributed by atoms with E-state index in [0.29, 0.717) is 29.5 Å². The fourth-order valence-corrected chi connectivity index (χ4v) is 3.36. The molecule has 2 rings (SSSR count). The summed E-state index contributed by atoms with van der Waals surface area (Å²) in [6, 6.07) is 5.00. The van der Waals surface area contributed by atoms with Crippen molar-refractivity contribution in [1.82, 2.24) is 5.01 Å². The number of halogens is 1. The van der Waals surface area contributed by atoms with Gasteiger partial charge in [-0.3, -0.25) is 9.80 Å². The van der Waals surface area contributed by atoms with Crippen LogP contribution in [0.5, 0.6) is 5.75 Å². The summed E-state index contributed by atoms with van der Waals surface area (Å²) in [7, 11) is 3.17. The molecule has 0 amide bonds. The topological polar surface area (TPSA) is 51.1 Å². The first-order valence-corrected chi connectivity index (χ1v) is 9.08. The van der Waals surface area contributed by atoms with Crippen LogP contribution in [0.4, 0.5) is 0 Å². The van der Waals surface area contributed by atoms with E-state index in [0.717, 1.165) is 10.1 Å². The van der Waals surface area contributed by atoms with Crippen LogP contribution in [-0.4, -0.2) is 43.2 Å². The molecule has 0 atom stereocenters. The number of ether oxygens (including phenoxy) is 2. The van der Waals surface area contributed by atoms with E-state index in [-0.39, 0.29) is 11.2 Å². The molecule has 1 aliphatic heterocycles. The Labute approximate surface area is 158 Å². The van der Waals surface area contributed by atoms with Gasteiger partial charge in [-0.05, 0) is 18.2 Å². The third-order valence-electron chi connectivity index (χ3n) is 3.50. The van der Waals surface area contributed by atoms with E-state index in [4.69, 9.17) is 21.1 Å². The highest BCUT2D eigenvalue weighted by molar-refractivity contribution is 8.17. The third-order valence-corrected chi connectivity index (χ3v) is 5.16. The maximum absolute atomic E-state index is 12.8. The zero-order valence-corrected chi connectivity index (χ0v) is 16.7. The van der Waals surface area contributed by atoms with Gasteiger partial charge in [0, 0.05) is 23.6 Å². The van der Waals surface area contributed by atoms with Gasteiger partial charge in [-0.15, -0.1) is 0 Å². The van der Waals surface area contributed by atoms with Crippen LogP contribution in [0.15, 0.2) is 34.4 Å². The van der Waals surface area contributed by atoms with Gasteiger partial charge in [0.05, 0.1) is 25.8 Å². The molecule has 7 heteroatoms. The highest BCUT2D eigenvalue weighted by Crippen LogP contribution is 2.38. The lowest BCUT2D eigenvalue weighted by molar-refractivity contribution is 0.104. The van der Waals surface area contributed by atoms with Crippen molar-refractivity contribution in [3.8, 4) is 5.75 Å². The molecule has 0 N–H and O–H groups in total. The number of ketones is 1. The first-order chi connectivity index (χ1) is 11.8. The number of rotatable bonds is 6. The maximum Gasteiger partial charge on any atom is 0.192 e. The van der Waals surface area contributed by atoms with Gasteiger partial charge >= 0.3 is 0 Å². The molecule has 0 saturated heterocycles. The Morgan fingerprint density at radius 3 is 2.68 bits per heavy atom. The lowest BCUT2D eigenvalue weighted by atomic mass is 9.99. The quantitative estimate of drug-likeness (QED) is 0.538. The molecule has 0 bridgehead atoms. The van der Waals surface area contributed by atoms with Crippen molar-refractivity contribution < 1.29 is 14.3 Å². The van der Waals surface area contributed by atoms with E-state index in [1.54, 1.807) is 31.4 Å². The fourth-order valence-electron chi connectivity index (χ4n) is 2.14. The monoisotopic (exact) mass is 382 g/mol. The standard InChI is InChI=1S/C18H23ClN2O3S/c1-18(2,3)17-20-21(8-9-23-4)16(25-17)11-14(22)13-10-12(19)6-7-15(13)24-5/h6-7,10-11H,8-9H2,1-5H3/b16-11-. The van der Waals surface area contributed by atoms with Crippen molar-refractivity contribution in [3.63, 3.8) is 0 Å². The number of hydrogen-bond acceptors (Lipinski definition) is 6. The van der Waals surface area contributed by atoms with Gasteiger partial charge in [-0.25, -0.2) is 0 Å². The van der Waals surface area contributed by atoms with E-state index < -0.39 is 0 Å². The number of thioether (sulfide) groups is 1. The molecule has 0 fully saturated rings. The normalized spacial score (nSPS) is 16.3. The smallest absolute Gasteiger partial charge is 0.192 e. The zero-order valence-electron chi connectivity index (χ0n) is 15.1. The SMILES string of the molecule is COCCN1N=C(C(C)(C)C)S/C1=C\C(=O)c1cc(Cl)ccc1OC. The summed E-state index contributed by atoms with van der Waals surface area (Å²) in [5.74, 6) is 0.323. The van der Waals surface area contributed by atoms with Crippen molar-refractivity contribution in [2.75, 3.05) is 27.4 Å². The Balaban J connectivity index is 2.32. The minimum absolute atomic E-state index is 0.0949. The van der Waals surface area contributed by atoms with Crippen LogP contribution in [0.1, 0.15) is 31.1 Å². The lowest BCUT2D eigenvalue weighted by Gasteiger charge is -2.15. The van der Waals surface area contributed by atoms with Crippen LogP contribution in [0, 0.1) is 5.41 Å². The van der Waals surface area contributed by atoms with Gasteiger partial charge in [0.2, 0.25) is 0 Å². The van der Waals surface area contributed by atoms with Gasteiger partial charge in [0.15, 0.2) is 5.78 Å². The largest absolute Gasteiger partial charge is 0.496 e. The van der Waals surface area contributed by atoms with Crippen LogP contribution in [0.3, 0.4) is 0 Å². The molecular weight excluding hydrogens is 360 g/mol. The molecule has 1 aromatic carbocycles. The second-order valence-electron chi connectivity index (χ2n) is 6.56. The number of hydrazone groups is 1. The van der Waals surface area contributed by atoms with Gasteiger partial charge in [0.25, 0.3) is 0 Å². The van der Waals surface area contributed by atoms with E-state index in [1.165, 1.54) is 18.9 Å². The molecule has 136 valence electrons. The van der Waals surface area contributed by atoms with Crippen LogP contribution < -0.4 is 4.74 Å². The molecule has 1 heterocycles. The molecule has 5 nitrogen and oxygen atoms in total. The Bertz CT molecular complexity index is 711. The maximum atomic E-state index is 12.8. The van der Waals surface area contributed by atoms with Gasteiger partial charge in [-0.2, -0.15) is 5.10 Å². The predicted molar refractivity (Wildman–Crippen MR) is 103 cm³/mol. The molecule has 0 aromatic heterocycles. The van der Waals surface area contributed by atoms with Gasteiger partial charge in [-0.1, -0.05) is 44.1 Å². The minimum atomic E-state index is -0.172. The second-order valence-corrected chi connectivity index (χ2v) is 8.01. The highest BCUT2D eigenvalue weighted by atomic mass is 35.5. The van der Waals surface area contributed by atoms with Crippen molar-refractivity contribution in [2.24, 2.45) is 10.5 Å². The molecule has 0 saturated carbocycles. The number of carbonyl (C=O) groups excluding carboxylic acids is 1. The number of methoxy groups -OCH3 is 2. The Hall–Kier alpha value is -1.50. The fraction of sp³-hybridized carbons (Fsp3) is 0.444.